The van der Waals surface area contributed by atoms with Gasteiger partial charge in [-0.05, 0) is 29.6 Å². The molecule has 1 aromatic carbocycles. The van der Waals surface area contributed by atoms with Gasteiger partial charge in [-0.15, -0.1) is 0 Å². The molecule has 0 N–H and O–H groups in total. The van der Waals surface area contributed by atoms with Gasteiger partial charge in [-0.25, -0.2) is 9.97 Å². The molecule has 0 unspecified atom stereocenters. The molecule has 1 fully saturated rings. The van der Waals surface area contributed by atoms with Crippen LogP contribution in [-0.4, -0.2) is 36.1 Å². The summed E-state index contributed by atoms with van der Waals surface area (Å²) < 4.78 is 0. The number of hydrogen-bond donors (Lipinski definition) is 0. The fraction of sp³-hybridized carbons (Fsp3) is 0.222. The van der Waals surface area contributed by atoms with E-state index < -0.39 is 0 Å². The molecule has 1 aliphatic rings. The van der Waals surface area contributed by atoms with Crippen molar-refractivity contribution in [2.45, 2.75) is 0 Å². The van der Waals surface area contributed by atoms with Gasteiger partial charge in [0.2, 0.25) is 5.95 Å². The van der Waals surface area contributed by atoms with E-state index in [4.69, 9.17) is 16.6 Å². The lowest BCUT2D eigenvalue weighted by atomic mass is 10.2. The molecule has 0 aliphatic carbocycles. The van der Waals surface area contributed by atoms with E-state index in [9.17, 15) is 0 Å². The monoisotopic (exact) mass is 356 g/mol. The zero-order valence-corrected chi connectivity index (χ0v) is 14.7. The van der Waals surface area contributed by atoms with Gasteiger partial charge in [0.15, 0.2) is 0 Å². The Bertz CT molecular complexity index is 813. The van der Waals surface area contributed by atoms with Crippen molar-refractivity contribution in [1.29, 1.82) is 0 Å². The molecule has 6 heteroatoms. The lowest BCUT2D eigenvalue weighted by Crippen LogP contribution is -2.47. The highest BCUT2D eigenvalue weighted by atomic mass is 35.5. The van der Waals surface area contributed by atoms with Gasteiger partial charge in [-0.2, -0.15) is 11.3 Å². The van der Waals surface area contributed by atoms with E-state index >= 15 is 0 Å². The molecular formula is C18H17ClN4S. The molecule has 2 aromatic heterocycles. The van der Waals surface area contributed by atoms with Crippen molar-refractivity contribution in [2.75, 3.05) is 36.0 Å². The average molecular weight is 357 g/mol. The number of rotatable bonds is 3. The highest BCUT2D eigenvalue weighted by molar-refractivity contribution is 7.08. The molecule has 1 aliphatic heterocycles. The molecule has 3 heterocycles. The quantitative estimate of drug-likeness (QED) is 0.704. The van der Waals surface area contributed by atoms with Crippen molar-refractivity contribution in [3.63, 3.8) is 0 Å². The topological polar surface area (TPSA) is 32.3 Å². The van der Waals surface area contributed by atoms with Crippen molar-refractivity contribution in [3.8, 4) is 11.3 Å². The zero-order valence-electron chi connectivity index (χ0n) is 13.1. The molecule has 0 radical (unpaired) electrons. The van der Waals surface area contributed by atoms with Crippen molar-refractivity contribution >= 4 is 34.6 Å². The maximum Gasteiger partial charge on any atom is 0.225 e. The first-order valence-corrected chi connectivity index (χ1v) is 9.23. The van der Waals surface area contributed by atoms with Gasteiger partial charge in [-0.1, -0.05) is 23.7 Å². The summed E-state index contributed by atoms with van der Waals surface area (Å²) in [4.78, 5) is 13.8. The first-order valence-electron chi connectivity index (χ1n) is 7.91. The molecule has 0 spiro atoms. The Morgan fingerprint density at radius 1 is 0.958 bits per heavy atom. The second kappa shape index (κ2) is 6.79. The van der Waals surface area contributed by atoms with Crippen molar-refractivity contribution in [3.05, 3.63) is 58.4 Å². The lowest BCUT2D eigenvalue weighted by molar-refractivity contribution is 0.640. The van der Waals surface area contributed by atoms with Crippen LogP contribution in [0.3, 0.4) is 0 Å². The van der Waals surface area contributed by atoms with Crippen LogP contribution < -0.4 is 9.80 Å². The number of anilines is 2. The molecule has 0 bridgehead atoms. The molecule has 4 rings (SSSR count). The standard InChI is InChI=1S/C18H17ClN4S/c19-15-3-1-2-4-17(15)22-8-10-23(11-9-22)18-20-7-5-16(21-18)14-6-12-24-13-14/h1-7,12-13H,8-11H2. The van der Waals surface area contributed by atoms with Gasteiger partial charge in [0, 0.05) is 43.3 Å². The maximum absolute atomic E-state index is 6.31. The van der Waals surface area contributed by atoms with Crippen LogP contribution in [0.25, 0.3) is 11.3 Å². The Morgan fingerprint density at radius 3 is 2.50 bits per heavy atom. The molecule has 0 atom stereocenters. The number of halogens is 1. The number of para-hydroxylation sites is 1. The SMILES string of the molecule is Clc1ccccc1N1CCN(c2nccc(-c3ccsc3)n2)CC1. The molecule has 4 nitrogen and oxygen atoms in total. The van der Waals surface area contributed by atoms with Crippen LogP contribution in [0, 0.1) is 0 Å². The number of nitrogens with zero attached hydrogens (tertiary/aromatic N) is 4. The predicted molar refractivity (Wildman–Crippen MR) is 101 cm³/mol. The predicted octanol–water partition coefficient (Wildman–Crippen LogP) is 4.19. The van der Waals surface area contributed by atoms with Gasteiger partial charge in [0.1, 0.15) is 0 Å². The molecule has 24 heavy (non-hydrogen) atoms. The average Bonchev–Trinajstić information content (AvgIpc) is 3.17. The van der Waals surface area contributed by atoms with Crippen LogP contribution in [0.1, 0.15) is 0 Å². The summed E-state index contributed by atoms with van der Waals surface area (Å²) >= 11 is 7.99. The van der Waals surface area contributed by atoms with Crippen LogP contribution in [0.5, 0.6) is 0 Å². The molecular weight excluding hydrogens is 340 g/mol. The Hall–Kier alpha value is -2.11. The molecule has 122 valence electrons. The van der Waals surface area contributed by atoms with Crippen LogP contribution >= 0.6 is 22.9 Å². The largest absolute Gasteiger partial charge is 0.367 e. The summed E-state index contributed by atoms with van der Waals surface area (Å²) in [6, 6.07) is 12.1. The summed E-state index contributed by atoms with van der Waals surface area (Å²) in [5, 5.41) is 4.99. The van der Waals surface area contributed by atoms with Gasteiger partial charge >= 0.3 is 0 Å². The van der Waals surface area contributed by atoms with E-state index in [1.54, 1.807) is 11.3 Å². The Kier molecular flexibility index (Phi) is 4.36. The number of piperazine rings is 1. The summed E-state index contributed by atoms with van der Waals surface area (Å²) in [5.41, 5.74) is 3.24. The Balaban J connectivity index is 1.48. The molecule has 0 saturated carbocycles. The van der Waals surface area contributed by atoms with E-state index in [1.807, 2.05) is 30.5 Å². The highest BCUT2D eigenvalue weighted by Gasteiger charge is 2.20. The molecule has 0 amide bonds. The zero-order chi connectivity index (χ0) is 16.4. The first-order chi connectivity index (χ1) is 11.8. The number of aromatic nitrogens is 2. The van der Waals surface area contributed by atoms with Crippen molar-refractivity contribution < 1.29 is 0 Å². The van der Waals surface area contributed by atoms with E-state index in [1.165, 1.54) is 0 Å². The highest BCUT2D eigenvalue weighted by Crippen LogP contribution is 2.27. The third kappa shape index (κ3) is 3.09. The summed E-state index contributed by atoms with van der Waals surface area (Å²) in [5.74, 6) is 0.803. The third-order valence-electron chi connectivity index (χ3n) is 4.22. The summed E-state index contributed by atoms with van der Waals surface area (Å²) in [6.07, 6.45) is 1.84. The van der Waals surface area contributed by atoms with Crippen LogP contribution in [0.15, 0.2) is 53.4 Å². The van der Waals surface area contributed by atoms with Crippen molar-refractivity contribution in [2.24, 2.45) is 0 Å². The molecule has 3 aromatic rings. The Morgan fingerprint density at radius 2 is 1.75 bits per heavy atom. The van der Waals surface area contributed by atoms with Crippen LogP contribution in [0.4, 0.5) is 11.6 Å². The molecule has 1 saturated heterocycles. The second-order valence-corrected chi connectivity index (χ2v) is 6.87. The normalized spacial score (nSPS) is 14.9. The van der Waals surface area contributed by atoms with Gasteiger partial charge < -0.3 is 9.80 Å². The number of hydrogen-bond acceptors (Lipinski definition) is 5. The lowest BCUT2D eigenvalue weighted by Gasteiger charge is -2.36. The van der Waals surface area contributed by atoms with E-state index in [0.29, 0.717) is 0 Å². The van der Waals surface area contributed by atoms with Gasteiger partial charge in [0.05, 0.1) is 16.4 Å². The summed E-state index contributed by atoms with van der Waals surface area (Å²) in [7, 11) is 0. The Labute approximate surface area is 150 Å². The van der Waals surface area contributed by atoms with E-state index in [2.05, 4.69) is 37.7 Å². The smallest absolute Gasteiger partial charge is 0.225 e. The second-order valence-electron chi connectivity index (χ2n) is 5.68. The van der Waals surface area contributed by atoms with Gasteiger partial charge in [-0.3, -0.25) is 0 Å². The van der Waals surface area contributed by atoms with Crippen molar-refractivity contribution in [1.82, 2.24) is 9.97 Å². The van der Waals surface area contributed by atoms with Crippen LogP contribution in [0.2, 0.25) is 5.02 Å². The van der Waals surface area contributed by atoms with E-state index in [-0.39, 0.29) is 0 Å². The maximum atomic E-state index is 6.31. The minimum Gasteiger partial charge on any atom is -0.367 e. The number of thiophene rings is 1. The fourth-order valence-electron chi connectivity index (χ4n) is 2.93. The fourth-order valence-corrected chi connectivity index (χ4v) is 3.83. The minimum atomic E-state index is 0.803. The minimum absolute atomic E-state index is 0.803. The van der Waals surface area contributed by atoms with E-state index in [0.717, 1.165) is 54.1 Å². The van der Waals surface area contributed by atoms with Crippen LogP contribution in [-0.2, 0) is 0 Å². The first kappa shape index (κ1) is 15.4. The number of benzene rings is 1. The summed E-state index contributed by atoms with van der Waals surface area (Å²) in [6.45, 7) is 3.60. The van der Waals surface area contributed by atoms with Gasteiger partial charge in [0.25, 0.3) is 0 Å². The third-order valence-corrected chi connectivity index (χ3v) is 5.22.